The van der Waals surface area contributed by atoms with E-state index in [-0.39, 0.29) is 5.75 Å². The Morgan fingerprint density at radius 2 is 2.00 bits per heavy atom. The van der Waals surface area contributed by atoms with Crippen molar-refractivity contribution in [1.29, 1.82) is 0 Å². The highest BCUT2D eigenvalue weighted by Gasteiger charge is 2.29. The van der Waals surface area contributed by atoms with Gasteiger partial charge in [0, 0.05) is 24.9 Å². The quantitative estimate of drug-likeness (QED) is 0.670. The van der Waals surface area contributed by atoms with Crippen LogP contribution in [0.2, 0.25) is 0 Å². The Morgan fingerprint density at radius 1 is 1.46 bits per heavy atom. The van der Waals surface area contributed by atoms with Gasteiger partial charge in [-0.1, -0.05) is 0 Å². The fourth-order valence-electron chi connectivity index (χ4n) is 1.48. The van der Waals surface area contributed by atoms with Gasteiger partial charge in [0.05, 0.1) is 5.75 Å². The van der Waals surface area contributed by atoms with Crippen LogP contribution in [0.15, 0.2) is 0 Å². The second-order valence-corrected chi connectivity index (χ2v) is 6.26. The first-order valence-corrected chi connectivity index (χ1v) is 6.58. The molecular weight excluding hydrogens is 188 g/mol. The van der Waals surface area contributed by atoms with Gasteiger partial charge >= 0.3 is 0 Å². The zero-order valence-corrected chi connectivity index (χ0v) is 9.05. The van der Waals surface area contributed by atoms with Crippen molar-refractivity contribution >= 4 is 9.84 Å². The smallest absolute Gasteiger partial charge is 0.148 e. The molecule has 1 fully saturated rings. The number of sulfone groups is 1. The van der Waals surface area contributed by atoms with E-state index in [1.807, 2.05) is 7.05 Å². The minimum absolute atomic E-state index is 0.245. The van der Waals surface area contributed by atoms with E-state index in [0.29, 0.717) is 18.6 Å². The highest BCUT2D eigenvalue weighted by Crippen LogP contribution is 2.22. The molecule has 1 saturated carbocycles. The number of rotatable bonds is 4. The minimum atomic E-state index is -2.82. The zero-order chi connectivity index (χ0) is 10.1. The third-order valence-electron chi connectivity index (χ3n) is 2.59. The molecule has 0 aromatic rings. The number of hydrogen-bond acceptors (Lipinski definition) is 4. The summed E-state index contributed by atoms with van der Waals surface area (Å²) < 4.78 is 21.8. The van der Waals surface area contributed by atoms with Crippen molar-refractivity contribution in [1.82, 2.24) is 4.90 Å². The summed E-state index contributed by atoms with van der Waals surface area (Å²) in [5, 5.41) is 0. The molecule has 2 N–H and O–H groups in total. The molecule has 1 aliphatic carbocycles. The predicted molar refractivity (Wildman–Crippen MR) is 53.3 cm³/mol. The van der Waals surface area contributed by atoms with E-state index < -0.39 is 9.84 Å². The second kappa shape index (κ2) is 3.94. The molecule has 5 heteroatoms. The summed E-state index contributed by atoms with van der Waals surface area (Å²) in [7, 11) is -0.863. The molecule has 4 nitrogen and oxygen atoms in total. The summed E-state index contributed by atoms with van der Waals surface area (Å²) in [5.74, 6) is 0.245. The fourth-order valence-corrected chi connectivity index (χ4v) is 2.10. The maximum atomic E-state index is 10.9. The number of hydrogen-bond donors (Lipinski definition) is 1. The van der Waals surface area contributed by atoms with Crippen LogP contribution in [0, 0.1) is 0 Å². The Hall–Kier alpha value is -0.130. The summed E-state index contributed by atoms with van der Waals surface area (Å²) in [6.07, 6.45) is 3.27. The first kappa shape index (κ1) is 10.9. The Morgan fingerprint density at radius 3 is 2.38 bits per heavy atom. The van der Waals surface area contributed by atoms with Crippen LogP contribution in [-0.4, -0.2) is 51.0 Å². The molecule has 1 rings (SSSR count). The molecule has 0 unspecified atom stereocenters. The van der Waals surface area contributed by atoms with E-state index in [2.05, 4.69) is 4.90 Å². The molecule has 0 atom stereocenters. The van der Waals surface area contributed by atoms with Gasteiger partial charge in [0.25, 0.3) is 0 Å². The van der Waals surface area contributed by atoms with E-state index in [0.717, 1.165) is 12.8 Å². The minimum Gasteiger partial charge on any atom is -0.328 e. The highest BCUT2D eigenvalue weighted by atomic mass is 32.2. The Balaban J connectivity index is 2.23. The second-order valence-electron chi connectivity index (χ2n) is 4.00. The van der Waals surface area contributed by atoms with Crippen LogP contribution >= 0.6 is 0 Å². The van der Waals surface area contributed by atoms with Crippen LogP contribution in [0.25, 0.3) is 0 Å². The third kappa shape index (κ3) is 3.62. The Bertz CT molecular complexity index is 257. The molecule has 0 aliphatic heterocycles. The zero-order valence-electron chi connectivity index (χ0n) is 8.23. The molecule has 0 heterocycles. The lowest BCUT2D eigenvalue weighted by atomic mass is 9.87. The first-order valence-electron chi connectivity index (χ1n) is 4.52. The van der Waals surface area contributed by atoms with Crippen LogP contribution in [0.5, 0.6) is 0 Å². The van der Waals surface area contributed by atoms with E-state index in [4.69, 9.17) is 5.73 Å². The Labute approximate surface area is 80.0 Å². The SMILES string of the molecule is CN(CCS(C)(=O)=O)C1CC(N)C1. The van der Waals surface area contributed by atoms with Crippen LogP contribution < -0.4 is 5.73 Å². The molecule has 0 bridgehead atoms. The van der Waals surface area contributed by atoms with Crippen molar-refractivity contribution in [2.45, 2.75) is 24.9 Å². The van der Waals surface area contributed by atoms with Gasteiger partial charge < -0.3 is 10.6 Å². The maximum Gasteiger partial charge on any atom is 0.148 e. The first-order chi connectivity index (χ1) is 5.88. The van der Waals surface area contributed by atoms with Crippen molar-refractivity contribution in [3.05, 3.63) is 0 Å². The fraction of sp³-hybridized carbons (Fsp3) is 1.00. The molecule has 0 radical (unpaired) electrons. The standard InChI is InChI=1S/C8H18N2O2S/c1-10(3-4-13(2,11)12)8-5-7(9)6-8/h7-8H,3-6,9H2,1-2H3. The molecule has 0 aromatic heterocycles. The predicted octanol–water partition coefficient (Wildman–Crippen LogP) is -0.547. The van der Waals surface area contributed by atoms with Crippen LogP contribution in [0.1, 0.15) is 12.8 Å². The summed E-state index contributed by atoms with van der Waals surface area (Å²) in [4.78, 5) is 2.09. The van der Waals surface area contributed by atoms with Crippen LogP contribution in [-0.2, 0) is 9.84 Å². The summed E-state index contributed by atoms with van der Waals surface area (Å²) in [6.45, 7) is 0.621. The maximum absolute atomic E-state index is 10.9. The van der Waals surface area contributed by atoms with E-state index in [1.165, 1.54) is 6.26 Å². The monoisotopic (exact) mass is 206 g/mol. The van der Waals surface area contributed by atoms with Crippen molar-refractivity contribution in [2.75, 3.05) is 25.6 Å². The topological polar surface area (TPSA) is 63.4 Å². The molecule has 1 aliphatic rings. The lowest BCUT2D eigenvalue weighted by Crippen LogP contribution is -2.50. The molecular formula is C8H18N2O2S. The average molecular weight is 206 g/mol. The summed E-state index contributed by atoms with van der Waals surface area (Å²) >= 11 is 0. The molecule has 0 spiro atoms. The normalized spacial score (nSPS) is 28.9. The van der Waals surface area contributed by atoms with Crippen LogP contribution in [0.4, 0.5) is 0 Å². The van der Waals surface area contributed by atoms with Gasteiger partial charge in [-0.25, -0.2) is 8.42 Å². The van der Waals surface area contributed by atoms with E-state index in [9.17, 15) is 8.42 Å². The number of nitrogens with zero attached hydrogens (tertiary/aromatic N) is 1. The van der Waals surface area contributed by atoms with Gasteiger partial charge in [-0.2, -0.15) is 0 Å². The highest BCUT2D eigenvalue weighted by molar-refractivity contribution is 7.90. The van der Waals surface area contributed by atoms with Gasteiger partial charge in [0.2, 0.25) is 0 Å². The largest absolute Gasteiger partial charge is 0.328 e. The van der Waals surface area contributed by atoms with Crippen molar-refractivity contribution in [3.63, 3.8) is 0 Å². The molecule has 0 saturated heterocycles. The van der Waals surface area contributed by atoms with Crippen molar-refractivity contribution in [3.8, 4) is 0 Å². The molecule has 13 heavy (non-hydrogen) atoms. The van der Waals surface area contributed by atoms with Gasteiger partial charge in [-0.05, 0) is 19.9 Å². The van der Waals surface area contributed by atoms with Crippen LogP contribution in [0.3, 0.4) is 0 Å². The summed E-state index contributed by atoms with van der Waals surface area (Å²) in [6, 6.07) is 0.822. The Kier molecular flexibility index (Phi) is 3.32. The van der Waals surface area contributed by atoms with Crippen molar-refractivity contribution < 1.29 is 8.42 Å². The average Bonchev–Trinajstić information content (AvgIpc) is 1.93. The van der Waals surface area contributed by atoms with Gasteiger partial charge in [-0.3, -0.25) is 0 Å². The summed E-state index contributed by atoms with van der Waals surface area (Å²) in [5.41, 5.74) is 5.64. The third-order valence-corrected chi connectivity index (χ3v) is 3.51. The molecule has 0 aromatic carbocycles. The van der Waals surface area contributed by atoms with E-state index in [1.54, 1.807) is 0 Å². The molecule has 78 valence electrons. The number of nitrogens with two attached hydrogens (primary N) is 1. The lowest BCUT2D eigenvalue weighted by Gasteiger charge is -2.39. The van der Waals surface area contributed by atoms with Gasteiger partial charge in [-0.15, -0.1) is 0 Å². The van der Waals surface area contributed by atoms with E-state index >= 15 is 0 Å². The van der Waals surface area contributed by atoms with Gasteiger partial charge in [0.15, 0.2) is 0 Å². The van der Waals surface area contributed by atoms with Gasteiger partial charge in [0.1, 0.15) is 9.84 Å². The van der Waals surface area contributed by atoms with Crippen molar-refractivity contribution in [2.24, 2.45) is 5.73 Å². The lowest BCUT2D eigenvalue weighted by molar-refractivity contribution is 0.146. The molecule has 0 amide bonds.